The highest BCUT2D eigenvalue weighted by Crippen LogP contribution is 2.12. The summed E-state index contributed by atoms with van der Waals surface area (Å²) in [6.07, 6.45) is 1.11. The predicted octanol–water partition coefficient (Wildman–Crippen LogP) is 0.569. The number of benzene rings is 1. The molecule has 16 heavy (non-hydrogen) atoms. The van der Waals surface area contributed by atoms with Crippen LogP contribution < -0.4 is 5.56 Å². The highest BCUT2D eigenvalue weighted by atomic mass is 16.4. The van der Waals surface area contributed by atoms with Gasteiger partial charge in [-0.3, -0.25) is 9.89 Å². The first-order valence-corrected chi connectivity index (χ1v) is 4.42. The van der Waals surface area contributed by atoms with Gasteiger partial charge in [-0.15, -0.1) is 0 Å². The van der Waals surface area contributed by atoms with Gasteiger partial charge in [0.25, 0.3) is 5.56 Å². The number of aromatic hydroxyl groups is 1. The van der Waals surface area contributed by atoms with E-state index in [1.54, 1.807) is 12.1 Å². The van der Waals surface area contributed by atoms with Crippen LogP contribution in [0.25, 0.3) is 5.69 Å². The second-order valence-corrected chi connectivity index (χ2v) is 3.15. The second kappa shape index (κ2) is 3.58. The van der Waals surface area contributed by atoms with Crippen molar-refractivity contribution in [3.63, 3.8) is 0 Å². The maximum Gasteiger partial charge on any atom is 0.342 e. The highest BCUT2D eigenvalue weighted by molar-refractivity contribution is 5.86. The largest absolute Gasteiger partial charge is 0.508 e. The molecular weight excluding hydrogens is 212 g/mol. The summed E-state index contributed by atoms with van der Waals surface area (Å²) in [4.78, 5) is 22.2. The topological polar surface area (TPSA) is 95.3 Å². The standard InChI is InChI=1S/C10H8N2O4/c13-7-3-1-2-6(4-7)12-9(14)8(5-11-12)10(15)16/h1-5,11,13H,(H,15,16). The third-order valence-corrected chi connectivity index (χ3v) is 2.09. The number of hydrogen-bond acceptors (Lipinski definition) is 3. The van der Waals surface area contributed by atoms with Crippen LogP contribution >= 0.6 is 0 Å². The fourth-order valence-electron chi connectivity index (χ4n) is 1.35. The zero-order chi connectivity index (χ0) is 11.7. The quantitative estimate of drug-likeness (QED) is 0.689. The molecule has 0 spiro atoms. The number of aromatic nitrogens is 2. The first-order valence-electron chi connectivity index (χ1n) is 4.42. The van der Waals surface area contributed by atoms with E-state index in [2.05, 4.69) is 5.10 Å². The fraction of sp³-hybridized carbons (Fsp3) is 0. The molecule has 0 amide bonds. The van der Waals surface area contributed by atoms with Gasteiger partial charge in [0.2, 0.25) is 0 Å². The Morgan fingerprint density at radius 1 is 1.38 bits per heavy atom. The molecule has 0 aliphatic carbocycles. The van der Waals surface area contributed by atoms with E-state index in [9.17, 15) is 14.7 Å². The maximum absolute atomic E-state index is 11.6. The van der Waals surface area contributed by atoms with Crippen LogP contribution in [0.15, 0.2) is 35.3 Å². The minimum atomic E-state index is -1.29. The van der Waals surface area contributed by atoms with Gasteiger partial charge in [0, 0.05) is 12.3 Å². The van der Waals surface area contributed by atoms with E-state index < -0.39 is 11.5 Å². The molecule has 1 heterocycles. The van der Waals surface area contributed by atoms with E-state index in [1.807, 2.05) is 0 Å². The smallest absolute Gasteiger partial charge is 0.342 e. The van der Waals surface area contributed by atoms with Crippen LogP contribution in [0.4, 0.5) is 0 Å². The number of aromatic amines is 1. The van der Waals surface area contributed by atoms with E-state index in [-0.39, 0.29) is 11.3 Å². The minimum absolute atomic E-state index is 0.00382. The molecule has 0 aliphatic heterocycles. The molecule has 0 saturated heterocycles. The first kappa shape index (κ1) is 10.0. The molecule has 6 nitrogen and oxygen atoms in total. The summed E-state index contributed by atoms with van der Waals surface area (Å²) < 4.78 is 1.04. The molecule has 0 radical (unpaired) electrons. The molecule has 0 unspecified atom stereocenters. The number of phenolic OH excluding ortho intramolecular Hbond substituents is 1. The van der Waals surface area contributed by atoms with Crippen molar-refractivity contribution in [3.05, 3.63) is 46.4 Å². The van der Waals surface area contributed by atoms with Gasteiger partial charge in [-0.1, -0.05) is 6.07 Å². The van der Waals surface area contributed by atoms with Crippen LogP contribution in [-0.2, 0) is 0 Å². The Bertz CT molecular complexity index is 597. The summed E-state index contributed by atoms with van der Waals surface area (Å²) in [6.45, 7) is 0. The van der Waals surface area contributed by atoms with E-state index in [1.165, 1.54) is 12.1 Å². The Labute approximate surface area is 89.4 Å². The van der Waals surface area contributed by atoms with Gasteiger partial charge in [0.15, 0.2) is 0 Å². The van der Waals surface area contributed by atoms with Crippen molar-refractivity contribution in [3.8, 4) is 11.4 Å². The Morgan fingerprint density at radius 3 is 2.69 bits per heavy atom. The van der Waals surface area contributed by atoms with Gasteiger partial charge < -0.3 is 10.2 Å². The van der Waals surface area contributed by atoms with Crippen molar-refractivity contribution < 1.29 is 15.0 Å². The molecule has 0 fully saturated rings. The molecular formula is C10H8N2O4. The number of carboxylic acid groups (broad SMARTS) is 1. The van der Waals surface area contributed by atoms with Crippen LogP contribution in [-0.4, -0.2) is 26.0 Å². The molecule has 82 valence electrons. The molecule has 0 aliphatic rings. The Balaban J connectivity index is 2.58. The van der Waals surface area contributed by atoms with Gasteiger partial charge in [-0.05, 0) is 12.1 Å². The van der Waals surface area contributed by atoms with E-state index in [0.29, 0.717) is 5.69 Å². The molecule has 1 aromatic heterocycles. The van der Waals surface area contributed by atoms with Crippen molar-refractivity contribution in [1.29, 1.82) is 0 Å². The molecule has 0 bridgehead atoms. The molecule has 2 rings (SSSR count). The summed E-state index contributed by atoms with van der Waals surface area (Å²) in [5.74, 6) is -1.30. The van der Waals surface area contributed by atoms with Crippen molar-refractivity contribution in [2.24, 2.45) is 0 Å². The SMILES string of the molecule is O=C(O)c1c[nH]n(-c2cccc(O)c2)c1=O. The molecule has 6 heteroatoms. The van der Waals surface area contributed by atoms with Gasteiger partial charge in [-0.25, -0.2) is 9.48 Å². The van der Waals surface area contributed by atoms with Gasteiger partial charge >= 0.3 is 5.97 Å². The van der Waals surface area contributed by atoms with Crippen molar-refractivity contribution in [2.75, 3.05) is 0 Å². The van der Waals surface area contributed by atoms with Crippen molar-refractivity contribution in [1.82, 2.24) is 9.78 Å². The lowest BCUT2D eigenvalue weighted by Gasteiger charge is -2.00. The number of rotatable bonds is 2. The number of nitrogens with zero attached hydrogens (tertiary/aromatic N) is 1. The summed E-state index contributed by atoms with van der Waals surface area (Å²) in [6, 6.07) is 5.93. The summed E-state index contributed by atoms with van der Waals surface area (Å²) in [5.41, 5.74) is -0.640. The van der Waals surface area contributed by atoms with E-state index in [0.717, 1.165) is 10.9 Å². The van der Waals surface area contributed by atoms with Gasteiger partial charge in [-0.2, -0.15) is 0 Å². The number of nitrogens with one attached hydrogen (secondary N) is 1. The molecule has 2 aromatic rings. The molecule has 0 saturated carbocycles. The predicted molar refractivity (Wildman–Crippen MR) is 55.0 cm³/mol. The number of carbonyl (C=O) groups is 1. The number of hydrogen-bond donors (Lipinski definition) is 3. The van der Waals surface area contributed by atoms with Crippen LogP contribution in [0.3, 0.4) is 0 Å². The van der Waals surface area contributed by atoms with E-state index >= 15 is 0 Å². The first-order chi connectivity index (χ1) is 7.59. The third kappa shape index (κ3) is 1.56. The summed E-state index contributed by atoms with van der Waals surface area (Å²) in [5, 5.41) is 20.4. The summed E-state index contributed by atoms with van der Waals surface area (Å²) in [7, 11) is 0. The Morgan fingerprint density at radius 2 is 2.12 bits per heavy atom. The number of carboxylic acids is 1. The average Bonchev–Trinajstić information content (AvgIpc) is 2.60. The van der Waals surface area contributed by atoms with Crippen molar-refractivity contribution in [2.45, 2.75) is 0 Å². The van der Waals surface area contributed by atoms with Gasteiger partial charge in [0.1, 0.15) is 11.3 Å². The lowest BCUT2D eigenvalue weighted by atomic mass is 10.3. The average molecular weight is 220 g/mol. The number of aromatic carboxylic acids is 1. The summed E-state index contributed by atoms with van der Waals surface area (Å²) >= 11 is 0. The van der Waals surface area contributed by atoms with E-state index in [4.69, 9.17) is 5.11 Å². The lowest BCUT2D eigenvalue weighted by Crippen LogP contribution is -2.19. The number of phenols is 1. The zero-order valence-corrected chi connectivity index (χ0v) is 8.04. The third-order valence-electron chi connectivity index (χ3n) is 2.09. The fourth-order valence-corrected chi connectivity index (χ4v) is 1.35. The van der Waals surface area contributed by atoms with Crippen LogP contribution in [0.2, 0.25) is 0 Å². The Hall–Kier alpha value is -2.50. The van der Waals surface area contributed by atoms with Crippen LogP contribution in [0, 0.1) is 0 Å². The normalized spacial score (nSPS) is 10.2. The van der Waals surface area contributed by atoms with Crippen LogP contribution in [0.1, 0.15) is 10.4 Å². The highest BCUT2D eigenvalue weighted by Gasteiger charge is 2.13. The minimum Gasteiger partial charge on any atom is -0.508 e. The van der Waals surface area contributed by atoms with Crippen molar-refractivity contribution >= 4 is 5.97 Å². The lowest BCUT2D eigenvalue weighted by molar-refractivity contribution is 0.0695. The second-order valence-electron chi connectivity index (χ2n) is 3.15. The molecule has 1 aromatic carbocycles. The van der Waals surface area contributed by atoms with Crippen LogP contribution in [0.5, 0.6) is 5.75 Å². The Kier molecular flexibility index (Phi) is 2.24. The monoisotopic (exact) mass is 220 g/mol. The maximum atomic E-state index is 11.6. The number of H-pyrrole nitrogens is 1. The molecule has 0 atom stereocenters. The van der Waals surface area contributed by atoms with Gasteiger partial charge in [0.05, 0.1) is 5.69 Å². The molecule has 3 N–H and O–H groups in total. The zero-order valence-electron chi connectivity index (χ0n) is 8.04.